The second-order valence-electron chi connectivity index (χ2n) is 6.00. The molecule has 0 aromatic heterocycles. The molecule has 0 aliphatic carbocycles. The molecule has 4 heteroatoms. The maximum atomic E-state index is 12.5. The molecule has 0 spiro atoms. The van der Waals surface area contributed by atoms with Crippen molar-refractivity contribution in [2.45, 2.75) is 26.3 Å². The van der Waals surface area contributed by atoms with Crippen molar-refractivity contribution < 1.29 is 9.59 Å². The molecule has 0 heterocycles. The Labute approximate surface area is 124 Å². The molecule has 2 amide bonds. The Balaban J connectivity index is 2.54. The molecule has 0 saturated heterocycles. The number of amides is 2. The van der Waals surface area contributed by atoms with Crippen molar-refractivity contribution in [2.24, 2.45) is 0 Å². The van der Waals surface area contributed by atoms with Gasteiger partial charge in [0.15, 0.2) is 0 Å². The van der Waals surface area contributed by atoms with Crippen molar-refractivity contribution in [3.05, 3.63) is 48.9 Å². The lowest BCUT2D eigenvalue weighted by Crippen LogP contribution is -2.40. The number of anilines is 1. The molecule has 0 unspecified atom stereocenters. The molecule has 0 aliphatic rings. The number of hydrogen-bond donors (Lipinski definition) is 2. The van der Waals surface area contributed by atoms with Gasteiger partial charge in [-0.25, -0.2) is 0 Å². The van der Waals surface area contributed by atoms with E-state index in [1.54, 1.807) is 6.07 Å². The fourth-order valence-electron chi connectivity index (χ4n) is 2.14. The van der Waals surface area contributed by atoms with E-state index in [1.807, 2.05) is 51.1 Å². The Bertz CT molecular complexity index is 699. The number of rotatable bonds is 2. The number of hydrogen-bond acceptors (Lipinski definition) is 2. The van der Waals surface area contributed by atoms with Crippen LogP contribution in [0.25, 0.3) is 10.8 Å². The van der Waals surface area contributed by atoms with Gasteiger partial charge in [0.1, 0.15) is 0 Å². The zero-order valence-electron chi connectivity index (χ0n) is 12.5. The Hall–Kier alpha value is -2.36. The van der Waals surface area contributed by atoms with E-state index in [-0.39, 0.29) is 11.4 Å². The third-order valence-electron chi connectivity index (χ3n) is 2.88. The summed E-state index contributed by atoms with van der Waals surface area (Å²) in [4.78, 5) is 23.6. The summed E-state index contributed by atoms with van der Waals surface area (Å²) >= 11 is 0. The van der Waals surface area contributed by atoms with Crippen LogP contribution < -0.4 is 10.6 Å². The molecule has 4 nitrogen and oxygen atoms in total. The maximum Gasteiger partial charge on any atom is 0.252 e. The molecule has 0 atom stereocenters. The van der Waals surface area contributed by atoms with Crippen LogP contribution in [0.15, 0.2) is 36.4 Å². The normalized spacial score (nSPS) is 11.2. The minimum Gasteiger partial charge on any atom is -0.347 e. The van der Waals surface area contributed by atoms with Gasteiger partial charge in [-0.05, 0) is 43.7 Å². The van der Waals surface area contributed by atoms with Crippen molar-refractivity contribution in [1.82, 2.24) is 5.32 Å². The quantitative estimate of drug-likeness (QED) is 0.889. The highest BCUT2D eigenvalue weighted by molar-refractivity contribution is 6.09. The number of nitrogens with one attached hydrogen (secondary N) is 2. The highest BCUT2D eigenvalue weighted by Crippen LogP contribution is 2.24. The zero-order chi connectivity index (χ0) is 15.6. The van der Waals surface area contributed by atoms with E-state index in [1.165, 1.54) is 0 Å². The van der Waals surface area contributed by atoms with Gasteiger partial charge in [-0.15, -0.1) is 0 Å². The fourth-order valence-corrected chi connectivity index (χ4v) is 2.14. The molecular weight excluding hydrogens is 264 g/mol. The summed E-state index contributed by atoms with van der Waals surface area (Å²) in [6.45, 7) is 9.07. The van der Waals surface area contributed by atoms with E-state index >= 15 is 0 Å². The van der Waals surface area contributed by atoms with E-state index in [0.717, 1.165) is 10.8 Å². The molecule has 2 N–H and O–H groups in total. The van der Waals surface area contributed by atoms with Crippen LogP contribution >= 0.6 is 0 Å². The summed E-state index contributed by atoms with van der Waals surface area (Å²) in [7, 11) is 0. The van der Waals surface area contributed by atoms with Crippen molar-refractivity contribution in [2.75, 3.05) is 5.32 Å². The van der Waals surface area contributed by atoms with Crippen LogP contribution in [0.4, 0.5) is 5.69 Å². The smallest absolute Gasteiger partial charge is 0.252 e. The SMILES string of the molecule is [CH2]C(=O)Nc1cc(C(=O)NC(C)(C)C)c2ccccc2c1. The summed E-state index contributed by atoms with van der Waals surface area (Å²) in [5.74, 6) is -0.577. The van der Waals surface area contributed by atoms with Crippen molar-refractivity contribution in [3.8, 4) is 0 Å². The lowest BCUT2D eigenvalue weighted by Gasteiger charge is -2.21. The van der Waals surface area contributed by atoms with Crippen molar-refractivity contribution in [3.63, 3.8) is 0 Å². The lowest BCUT2D eigenvalue weighted by molar-refractivity contribution is -0.112. The largest absolute Gasteiger partial charge is 0.347 e. The molecule has 2 rings (SSSR count). The number of carbonyl (C=O) groups excluding carboxylic acids is 2. The first-order valence-corrected chi connectivity index (χ1v) is 6.74. The minimum atomic E-state index is -0.410. The van der Waals surface area contributed by atoms with Gasteiger partial charge in [-0.2, -0.15) is 0 Å². The summed E-state index contributed by atoms with van der Waals surface area (Å²) in [5.41, 5.74) is 0.767. The second kappa shape index (κ2) is 5.56. The number of benzene rings is 2. The first-order valence-electron chi connectivity index (χ1n) is 6.74. The Morgan fingerprint density at radius 1 is 1.10 bits per heavy atom. The second-order valence-corrected chi connectivity index (χ2v) is 6.00. The lowest BCUT2D eigenvalue weighted by atomic mass is 10.0. The minimum absolute atomic E-state index is 0.168. The molecular formula is C17H19N2O2. The van der Waals surface area contributed by atoms with Crippen LogP contribution in [0.5, 0.6) is 0 Å². The predicted molar refractivity (Wildman–Crippen MR) is 85.2 cm³/mol. The first kappa shape index (κ1) is 15.0. The number of fused-ring (bicyclic) bond motifs is 1. The first-order chi connectivity index (χ1) is 9.76. The van der Waals surface area contributed by atoms with Crippen LogP contribution in [-0.2, 0) is 4.79 Å². The maximum absolute atomic E-state index is 12.5. The fraction of sp³-hybridized carbons (Fsp3) is 0.235. The molecule has 21 heavy (non-hydrogen) atoms. The topological polar surface area (TPSA) is 58.2 Å². The summed E-state index contributed by atoms with van der Waals surface area (Å²) in [5, 5.41) is 7.31. The van der Waals surface area contributed by atoms with Gasteiger partial charge < -0.3 is 10.6 Å². The van der Waals surface area contributed by atoms with E-state index < -0.39 is 5.91 Å². The van der Waals surface area contributed by atoms with Crippen molar-refractivity contribution >= 4 is 28.3 Å². The summed E-state index contributed by atoms with van der Waals surface area (Å²) in [6, 6.07) is 11.1. The number of carbonyl (C=O) groups is 2. The van der Waals surface area contributed by atoms with Crippen LogP contribution in [0.3, 0.4) is 0 Å². The van der Waals surface area contributed by atoms with Crippen LogP contribution in [-0.4, -0.2) is 17.4 Å². The molecule has 0 saturated carbocycles. The highest BCUT2D eigenvalue weighted by Gasteiger charge is 2.18. The summed E-state index contributed by atoms with van der Waals surface area (Å²) < 4.78 is 0. The average molecular weight is 283 g/mol. The zero-order valence-corrected chi connectivity index (χ0v) is 12.5. The molecule has 1 radical (unpaired) electrons. The van der Waals surface area contributed by atoms with Gasteiger partial charge in [0, 0.05) is 23.7 Å². The predicted octanol–water partition coefficient (Wildman–Crippen LogP) is 3.14. The molecule has 0 aliphatic heterocycles. The van der Waals surface area contributed by atoms with E-state index in [2.05, 4.69) is 17.6 Å². The van der Waals surface area contributed by atoms with E-state index in [0.29, 0.717) is 11.3 Å². The Kier molecular flexibility index (Phi) is 3.98. The Morgan fingerprint density at radius 3 is 2.38 bits per heavy atom. The van der Waals surface area contributed by atoms with Gasteiger partial charge in [0.25, 0.3) is 5.91 Å². The van der Waals surface area contributed by atoms with Crippen LogP contribution in [0.2, 0.25) is 0 Å². The third kappa shape index (κ3) is 3.81. The monoisotopic (exact) mass is 283 g/mol. The van der Waals surface area contributed by atoms with Gasteiger partial charge in [-0.3, -0.25) is 9.59 Å². The van der Waals surface area contributed by atoms with Gasteiger partial charge in [0.05, 0.1) is 0 Å². The van der Waals surface area contributed by atoms with Crippen LogP contribution in [0.1, 0.15) is 31.1 Å². The third-order valence-corrected chi connectivity index (χ3v) is 2.88. The summed E-state index contributed by atoms with van der Waals surface area (Å²) in [6.07, 6.45) is 0. The molecule has 2 aromatic carbocycles. The van der Waals surface area contributed by atoms with Crippen LogP contribution in [0, 0.1) is 6.92 Å². The Morgan fingerprint density at radius 2 is 1.76 bits per heavy atom. The molecule has 2 aromatic rings. The van der Waals surface area contributed by atoms with Gasteiger partial charge in [-0.1, -0.05) is 24.3 Å². The molecule has 0 bridgehead atoms. The molecule has 0 fully saturated rings. The average Bonchev–Trinajstić information content (AvgIpc) is 2.35. The van der Waals surface area contributed by atoms with E-state index in [4.69, 9.17) is 0 Å². The highest BCUT2D eigenvalue weighted by atomic mass is 16.2. The van der Waals surface area contributed by atoms with Crippen molar-refractivity contribution in [1.29, 1.82) is 0 Å². The molecule has 109 valence electrons. The van der Waals surface area contributed by atoms with Gasteiger partial charge in [0.2, 0.25) is 5.91 Å². The van der Waals surface area contributed by atoms with Gasteiger partial charge >= 0.3 is 0 Å². The van der Waals surface area contributed by atoms with E-state index in [9.17, 15) is 9.59 Å². The standard InChI is InChI=1S/C17H19N2O2/c1-11(20)18-13-9-12-7-5-6-8-14(12)15(10-13)16(21)19-17(2,3)4/h5-10H,1H2,2-4H3,(H,18,20)(H,19,21).